The van der Waals surface area contributed by atoms with Gasteiger partial charge in [-0.2, -0.15) is 4.98 Å². The van der Waals surface area contributed by atoms with Gasteiger partial charge in [-0.15, -0.1) is 0 Å². The lowest BCUT2D eigenvalue weighted by Gasteiger charge is -2.17. The first kappa shape index (κ1) is 18.6. The highest BCUT2D eigenvalue weighted by Gasteiger charge is 2.26. The maximum atomic E-state index is 12.4. The fourth-order valence-electron chi connectivity index (χ4n) is 4.14. The van der Waals surface area contributed by atoms with E-state index in [1.165, 1.54) is 19.3 Å². The number of nitrogens with zero attached hydrogens (tertiary/aromatic N) is 2. The molecule has 0 atom stereocenters. The van der Waals surface area contributed by atoms with Crippen LogP contribution in [0.5, 0.6) is 0 Å². The number of Topliss-reactive ketones (excluding diaryl/α,β-unsaturated/α-hetero) is 1. The van der Waals surface area contributed by atoms with Gasteiger partial charge < -0.3 is 9.84 Å². The van der Waals surface area contributed by atoms with Crippen LogP contribution < -0.4 is 5.32 Å². The Morgan fingerprint density at radius 1 is 1.11 bits per heavy atom. The largest absolute Gasteiger partial charge is 0.347 e. The molecule has 2 aliphatic carbocycles. The van der Waals surface area contributed by atoms with E-state index >= 15 is 0 Å². The number of allylic oxidation sites excluding steroid dienone is 1. The van der Waals surface area contributed by atoms with Gasteiger partial charge in [-0.25, -0.2) is 0 Å². The molecule has 1 saturated carbocycles. The molecule has 6 heteroatoms. The molecule has 28 heavy (non-hydrogen) atoms. The zero-order chi connectivity index (χ0) is 19.3. The molecule has 0 bridgehead atoms. The first-order chi connectivity index (χ1) is 13.7. The summed E-state index contributed by atoms with van der Waals surface area (Å²) in [7, 11) is 0. The van der Waals surface area contributed by atoms with Crippen molar-refractivity contribution in [1.82, 2.24) is 15.5 Å². The third-order valence-electron chi connectivity index (χ3n) is 5.65. The fraction of sp³-hybridized carbons (Fsp3) is 0.455. The van der Waals surface area contributed by atoms with Gasteiger partial charge >= 0.3 is 0 Å². The summed E-state index contributed by atoms with van der Waals surface area (Å²) in [6.45, 7) is 0.195. The molecule has 4 rings (SSSR count). The molecule has 1 fully saturated rings. The van der Waals surface area contributed by atoms with Crippen LogP contribution in [-0.4, -0.2) is 21.8 Å². The third-order valence-corrected chi connectivity index (χ3v) is 5.65. The summed E-state index contributed by atoms with van der Waals surface area (Å²) < 4.78 is 5.30. The summed E-state index contributed by atoms with van der Waals surface area (Å²) in [6, 6.07) is 9.80. The van der Waals surface area contributed by atoms with Crippen LogP contribution in [0, 0.1) is 0 Å². The number of rotatable bonds is 6. The number of aromatic nitrogens is 2. The Balaban J connectivity index is 1.36. The average Bonchev–Trinajstić information content (AvgIpc) is 3.35. The monoisotopic (exact) mass is 379 g/mol. The number of nitrogens with one attached hydrogen (secondary N) is 1. The highest BCUT2D eigenvalue weighted by atomic mass is 16.5. The summed E-state index contributed by atoms with van der Waals surface area (Å²) in [5, 5.41) is 6.90. The van der Waals surface area contributed by atoms with E-state index in [1.54, 1.807) is 0 Å². The molecule has 1 aromatic heterocycles. The Kier molecular flexibility index (Phi) is 5.65. The Morgan fingerprint density at radius 3 is 2.68 bits per heavy atom. The second-order valence-corrected chi connectivity index (χ2v) is 7.58. The summed E-state index contributed by atoms with van der Waals surface area (Å²) in [5.41, 5.74) is 2.63. The second-order valence-electron chi connectivity index (χ2n) is 7.58. The molecule has 1 heterocycles. The van der Waals surface area contributed by atoms with Gasteiger partial charge in [0, 0.05) is 17.9 Å². The Bertz CT molecular complexity index is 879. The Labute approximate surface area is 164 Å². The maximum Gasteiger partial charge on any atom is 0.246 e. The predicted octanol–water partition coefficient (Wildman–Crippen LogP) is 3.94. The minimum atomic E-state index is -0.198. The molecular formula is C22H25N3O3. The van der Waals surface area contributed by atoms with Crippen molar-refractivity contribution in [2.45, 2.75) is 63.8 Å². The van der Waals surface area contributed by atoms with Crippen molar-refractivity contribution >= 4 is 17.3 Å². The molecule has 146 valence electrons. The normalized spacial score (nSPS) is 17.9. The zero-order valence-corrected chi connectivity index (χ0v) is 15.9. The lowest BCUT2D eigenvalue weighted by Crippen LogP contribution is -2.24. The molecule has 2 aliphatic rings. The van der Waals surface area contributed by atoms with Crippen LogP contribution in [0.3, 0.4) is 0 Å². The molecule has 0 radical (unpaired) electrons. The topological polar surface area (TPSA) is 85.1 Å². The molecule has 1 amide bonds. The van der Waals surface area contributed by atoms with E-state index in [-0.39, 0.29) is 24.7 Å². The van der Waals surface area contributed by atoms with Crippen molar-refractivity contribution in [3.05, 3.63) is 53.2 Å². The fourth-order valence-corrected chi connectivity index (χ4v) is 4.14. The van der Waals surface area contributed by atoms with Crippen LogP contribution in [0.1, 0.15) is 74.6 Å². The van der Waals surface area contributed by atoms with Gasteiger partial charge in [0.1, 0.15) is 0 Å². The SMILES string of the molecule is O=C(CC1=C(c2ccccc2)CCC1=O)NCc1nc(C2CCCCC2)no1. The van der Waals surface area contributed by atoms with Crippen molar-refractivity contribution in [2.75, 3.05) is 0 Å². The van der Waals surface area contributed by atoms with E-state index in [4.69, 9.17) is 4.52 Å². The smallest absolute Gasteiger partial charge is 0.246 e. The van der Waals surface area contributed by atoms with Gasteiger partial charge in [0.05, 0.1) is 13.0 Å². The van der Waals surface area contributed by atoms with Gasteiger partial charge in [0.25, 0.3) is 0 Å². The lowest BCUT2D eigenvalue weighted by atomic mass is 9.89. The summed E-state index contributed by atoms with van der Waals surface area (Å²) in [5.74, 6) is 1.41. The molecule has 1 aromatic carbocycles. The number of hydrogen-bond donors (Lipinski definition) is 1. The third kappa shape index (κ3) is 4.21. The van der Waals surface area contributed by atoms with E-state index in [2.05, 4.69) is 15.5 Å². The summed E-state index contributed by atoms with van der Waals surface area (Å²) in [4.78, 5) is 29.1. The Hall–Kier alpha value is -2.76. The second kappa shape index (κ2) is 8.50. The molecule has 0 aliphatic heterocycles. The van der Waals surface area contributed by atoms with Crippen LogP contribution >= 0.6 is 0 Å². The maximum absolute atomic E-state index is 12.4. The van der Waals surface area contributed by atoms with Crippen LogP contribution in [0.2, 0.25) is 0 Å². The Morgan fingerprint density at radius 2 is 1.89 bits per heavy atom. The van der Waals surface area contributed by atoms with Crippen molar-refractivity contribution in [3.63, 3.8) is 0 Å². The van der Waals surface area contributed by atoms with Gasteiger partial charge in [-0.1, -0.05) is 54.8 Å². The highest BCUT2D eigenvalue weighted by molar-refractivity contribution is 6.10. The van der Waals surface area contributed by atoms with Crippen molar-refractivity contribution < 1.29 is 14.1 Å². The van der Waals surface area contributed by atoms with Crippen LogP contribution in [0.15, 0.2) is 40.4 Å². The number of hydrogen-bond acceptors (Lipinski definition) is 5. The minimum absolute atomic E-state index is 0.0615. The van der Waals surface area contributed by atoms with Gasteiger partial charge in [-0.05, 0) is 30.4 Å². The summed E-state index contributed by atoms with van der Waals surface area (Å²) in [6.07, 6.45) is 7.15. The summed E-state index contributed by atoms with van der Waals surface area (Å²) >= 11 is 0. The van der Waals surface area contributed by atoms with Crippen LogP contribution in [-0.2, 0) is 16.1 Å². The van der Waals surface area contributed by atoms with Gasteiger partial charge in [-0.3, -0.25) is 9.59 Å². The molecule has 0 unspecified atom stereocenters. The van der Waals surface area contributed by atoms with Crippen molar-refractivity contribution in [2.24, 2.45) is 0 Å². The number of carbonyl (C=O) groups is 2. The number of amides is 1. The van der Waals surface area contributed by atoms with E-state index in [1.807, 2.05) is 30.3 Å². The van der Waals surface area contributed by atoms with Gasteiger partial charge in [0.15, 0.2) is 11.6 Å². The van der Waals surface area contributed by atoms with Crippen LogP contribution in [0.25, 0.3) is 5.57 Å². The van der Waals surface area contributed by atoms with E-state index in [0.29, 0.717) is 30.2 Å². The van der Waals surface area contributed by atoms with Crippen LogP contribution in [0.4, 0.5) is 0 Å². The quantitative estimate of drug-likeness (QED) is 0.822. The minimum Gasteiger partial charge on any atom is -0.347 e. The molecule has 0 spiro atoms. The standard InChI is InChI=1S/C22H25N3O3/c26-19-12-11-17(15-7-3-1-4-8-15)18(19)13-20(27)23-14-21-24-22(25-28-21)16-9-5-2-6-10-16/h1,3-4,7-8,16H,2,5-6,9-14H2,(H,23,27). The van der Waals surface area contributed by atoms with Crippen molar-refractivity contribution in [3.8, 4) is 0 Å². The van der Waals surface area contributed by atoms with E-state index < -0.39 is 0 Å². The average molecular weight is 379 g/mol. The van der Waals surface area contributed by atoms with E-state index in [9.17, 15) is 9.59 Å². The zero-order valence-electron chi connectivity index (χ0n) is 15.9. The number of benzene rings is 1. The highest BCUT2D eigenvalue weighted by Crippen LogP contribution is 2.33. The first-order valence-corrected chi connectivity index (χ1v) is 10.1. The number of carbonyl (C=O) groups excluding carboxylic acids is 2. The van der Waals surface area contributed by atoms with E-state index in [0.717, 1.165) is 29.8 Å². The molecule has 1 N–H and O–H groups in total. The first-order valence-electron chi connectivity index (χ1n) is 10.1. The lowest BCUT2D eigenvalue weighted by molar-refractivity contribution is -0.122. The molecule has 0 saturated heterocycles. The molecular weight excluding hydrogens is 354 g/mol. The van der Waals surface area contributed by atoms with Crippen molar-refractivity contribution in [1.29, 1.82) is 0 Å². The number of ketones is 1. The predicted molar refractivity (Wildman–Crippen MR) is 104 cm³/mol. The molecule has 2 aromatic rings. The van der Waals surface area contributed by atoms with Gasteiger partial charge in [0.2, 0.25) is 11.8 Å². The molecule has 6 nitrogen and oxygen atoms in total.